The molecule has 4 heteroatoms. The molecule has 1 unspecified atom stereocenters. The first-order valence-corrected chi connectivity index (χ1v) is 4.73. The van der Waals surface area contributed by atoms with Crippen molar-refractivity contribution in [2.24, 2.45) is 0 Å². The van der Waals surface area contributed by atoms with Crippen LogP contribution in [0, 0.1) is 12.7 Å². The summed E-state index contributed by atoms with van der Waals surface area (Å²) < 4.78 is 12.9. The lowest BCUT2D eigenvalue weighted by molar-refractivity contribution is 0.0923. The van der Waals surface area contributed by atoms with Crippen LogP contribution in [0.5, 0.6) is 0 Å². The molecule has 3 nitrogen and oxygen atoms in total. The minimum atomic E-state index is -0.609. The molecule has 0 heterocycles. The molecule has 0 aliphatic carbocycles. The normalized spacial score (nSPS) is 12.3. The zero-order valence-electron chi connectivity index (χ0n) is 8.75. The minimum Gasteiger partial charge on any atom is -0.392 e. The van der Waals surface area contributed by atoms with Crippen LogP contribution in [0.3, 0.4) is 0 Å². The van der Waals surface area contributed by atoms with Gasteiger partial charge in [0.25, 0.3) is 5.91 Å². The zero-order valence-corrected chi connectivity index (χ0v) is 8.75. The molecule has 0 saturated heterocycles. The van der Waals surface area contributed by atoms with Gasteiger partial charge >= 0.3 is 0 Å². The molecular weight excluding hydrogens is 197 g/mol. The van der Waals surface area contributed by atoms with Crippen LogP contribution in [0.1, 0.15) is 22.8 Å². The Hall–Kier alpha value is -1.42. The molecule has 0 radical (unpaired) electrons. The number of hydrogen-bond acceptors (Lipinski definition) is 2. The van der Waals surface area contributed by atoms with E-state index < -0.39 is 11.9 Å². The van der Waals surface area contributed by atoms with E-state index in [1.807, 2.05) is 0 Å². The molecule has 0 aliphatic heterocycles. The fraction of sp³-hybridized carbons (Fsp3) is 0.364. The van der Waals surface area contributed by atoms with Crippen molar-refractivity contribution in [3.05, 3.63) is 35.1 Å². The molecule has 0 spiro atoms. The third-order valence-corrected chi connectivity index (χ3v) is 2.00. The predicted molar refractivity (Wildman–Crippen MR) is 55.2 cm³/mol. The first kappa shape index (κ1) is 11.7. The van der Waals surface area contributed by atoms with Crippen molar-refractivity contribution in [1.82, 2.24) is 5.32 Å². The van der Waals surface area contributed by atoms with Gasteiger partial charge in [-0.1, -0.05) is 6.07 Å². The molecule has 0 aliphatic rings. The predicted octanol–water partition coefficient (Wildman–Crippen LogP) is 1.24. The van der Waals surface area contributed by atoms with Gasteiger partial charge in [-0.15, -0.1) is 0 Å². The summed E-state index contributed by atoms with van der Waals surface area (Å²) in [5, 5.41) is 11.5. The molecule has 0 aromatic heterocycles. The van der Waals surface area contributed by atoms with E-state index in [4.69, 9.17) is 5.11 Å². The molecule has 15 heavy (non-hydrogen) atoms. The van der Waals surface area contributed by atoms with Crippen molar-refractivity contribution in [2.75, 3.05) is 6.54 Å². The van der Waals surface area contributed by atoms with Crippen LogP contribution in [0.25, 0.3) is 0 Å². The summed E-state index contributed by atoms with van der Waals surface area (Å²) in [6.45, 7) is 3.46. The van der Waals surface area contributed by atoms with Gasteiger partial charge in [-0.2, -0.15) is 0 Å². The van der Waals surface area contributed by atoms with E-state index in [9.17, 15) is 9.18 Å². The maximum absolute atomic E-state index is 12.9. The number of aryl methyl sites for hydroxylation is 1. The maximum Gasteiger partial charge on any atom is 0.251 e. The topological polar surface area (TPSA) is 49.3 Å². The molecule has 1 aromatic carbocycles. The van der Waals surface area contributed by atoms with E-state index in [-0.39, 0.29) is 12.5 Å². The van der Waals surface area contributed by atoms with Gasteiger partial charge < -0.3 is 10.4 Å². The van der Waals surface area contributed by atoms with Crippen molar-refractivity contribution >= 4 is 5.91 Å². The Kier molecular flexibility index (Phi) is 3.80. The van der Waals surface area contributed by atoms with Gasteiger partial charge in [0.05, 0.1) is 6.10 Å². The average molecular weight is 211 g/mol. The number of aliphatic hydroxyl groups is 1. The number of carbonyl (C=O) groups is 1. The third-order valence-electron chi connectivity index (χ3n) is 2.00. The summed E-state index contributed by atoms with van der Waals surface area (Å²) in [6, 6.07) is 4.04. The van der Waals surface area contributed by atoms with E-state index in [1.54, 1.807) is 19.9 Å². The van der Waals surface area contributed by atoms with E-state index in [2.05, 4.69) is 5.32 Å². The van der Waals surface area contributed by atoms with Gasteiger partial charge in [-0.3, -0.25) is 4.79 Å². The van der Waals surface area contributed by atoms with Crippen LogP contribution in [0.4, 0.5) is 4.39 Å². The number of hydrogen-bond donors (Lipinski definition) is 2. The Labute approximate surface area is 87.9 Å². The smallest absolute Gasteiger partial charge is 0.251 e. The average Bonchev–Trinajstić information content (AvgIpc) is 2.18. The van der Waals surface area contributed by atoms with Gasteiger partial charge in [0, 0.05) is 12.1 Å². The fourth-order valence-electron chi connectivity index (χ4n) is 1.17. The lowest BCUT2D eigenvalue weighted by Gasteiger charge is -2.09. The highest BCUT2D eigenvalue weighted by atomic mass is 19.1. The lowest BCUT2D eigenvalue weighted by atomic mass is 10.1. The highest BCUT2D eigenvalue weighted by molar-refractivity contribution is 5.95. The summed E-state index contributed by atoms with van der Waals surface area (Å²) in [5.41, 5.74) is 1.01. The molecule has 1 atom stereocenters. The Morgan fingerprint density at radius 3 is 2.87 bits per heavy atom. The van der Waals surface area contributed by atoms with Crippen LogP contribution in [0.15, 0.2) is 18.2 Å². The van der Waals surface area contributed by atoms with Crippen LogP contribution in [-0.2, 0) is 0 Å². The Morgan fingerprint density at radius 1 is 1.60 bits per heavy atom. The maximum atomic E-state index is 12.9. The summed E-state index contributed by atoms with van der Waals surface area (Å²) in [7, 11) is 0. The second-order valence-electron chi connectivity index (χ2n) is 3.52. The second-order valence-corrected chi connectivity index (χ2v) is 3.52. The monoisotopic (exact) mass is 211 g/mol. The van der Waals surface area contributed by atoms with Crippen molar-refractivity contribution in [3.63, 3.8) is 0 Å². The first-order valence-electron chi connectivity index (χ1n) is 4.73. The van der Waals surface area contributed by atoms with Gasteiger partial charge in [-0.05, 0) is 31.5 Å². The van der Waals surface area contributed by atoms with Gasteiger partial charge in [0.1, 0.15) is 5.82 Å². The molecule has 0 fully saturated rings. The lowest BCUT2D eigenvalue weighted by Crippen LogP contribution is -2.31. The van der Waals surface area contributed by atoms with E-state index in [1.165, 1.54) is 12.1 Å². The Morgan fingerprint density at radius 2 is 2.27 bits per heavy atom. The third kappa shape index (κ3) is 3.32. The number of carbonyl (C=O) groups excluding carboxylic acids is 1. The van der Waals surface area contributed by atoms with Crippen LogP contribution in [-0.4, -0.2) is 23.7 Å². The number of halogens is 1. The minimum absolute atomic E-state index is 0.161. The van der Waals surface area contributed by atoms with Crippen LogP contribution >= 0.6 is 0 Å². The Bertz CT molecular complexity index is 364. The largest absolute Gasteiger partial charge is 0.392 e. The number of benzene rings is 1. The zero-order chi connectivity index (χ0) is 11.4. The van der Waals surface area contributed by atoms with Crippen LogP contribution in [0.2, 0.25) is 0 Å². The van der Waals surface area contributed by atoms with Crippen LogP contribution < -0.4 is 5.32 Å². The first-order chi connectivity index (χ1) is 7.00. The molecule has 1 amide bonds. The van der Waals surface area contributed by atoms with Gasteiger partial charge in [0.2, 0.25) is 0 Å². The van der Waals surface area contributed by atoms with Crippen molar-refractivity contribution < 1.29 is 14.3 Å². The van der Waals surface area contributed by atoms with E-state index in [0.717, 1.165) is 0 Å². The molecular formula is C11H14FNO2. The number of aliphatic hydroxyl groups excluding tert-OH is 1. The van der Waals surface area contributed by atoms with Gasteiger partial charge in [-0.25, -0.2) is 4.39 Å². The standard InChI is InChI=1S/C11H14FNO2/c1-7-3-4-9(12)5-10(7)11(15)13-6-8(2)14/h3-5,8,14H,6H2,1-2H3,(H,13,15). The Balaban J connectivity index is 2.77. The molecule has 82 valence electrons. The molecule has 1 rings (SSSR count). The highest BCUT2D eigenvalue weighted by Gasteiger charge is 2.10. The molecule has 1 aromatic rings. The second kappa shape index (κ2) is 4.89. The van der Waals surface area contributed by atoms with Crippen molar-refractivity contribution in [3.8, 4) is 0 Å². The van der Waals surface area contributed by atoms with Crippen molar-refractivity contribution in [2.45, 2.75) is 20.0 Å². The quantitative estimate of drug-likeness (QED) is 0.790. The van der Waals surface area contributed by atoms with E-state index in [0.29, 0.717) is 11.1 Å². The number of nitrogens with one attached hydrogen (secondary N) is 1. The molecule has 0 saturated carbocycles. The number of rotatable bonds is 3. The molecule has 2 N–H and O–H groups in total. The SMILES string of the molecule is Cc1ccc(F)cc1C(=O)NCC(C)O. The molecule has 0 bridgehead atoms. The fourth-order valence-corrected chi connectivity index (χ4v) is 1.17. The number of amides is 1. The summed E-state index contributed by atoms with van der Waals surface area (Å²) >= 11 is 0. The summed E-state index contributed by atoms with van der Waals surface area (Å²) in [4.78, 5) is 11.5. The van der Waals surface area contributed by atoms with E-state index >= 15 is 0 Å². The van der Waals surface area contributed by atoms with Gasteiger partial charge in [0.15, 0.2) is 0 Å². The van der Waals surface area contributed by atoms with Crippen molar-refractivity contribution in [1.29, 1.82) is 0 Å². The highest BCUT2D eigenvalue weighted by Crippen LogP contribution is 2.09. The summed E-state index contributed by atoms with van der Waals surface area (Å²) in [6.07, 6.45) is -0.609. The summed E-state index contributed by atoms with van der Waals surface area (Å²) in [5.74, 6) is -0.810.